The molecule has 4 aromatic rings. The normalized spacial score (nSPS) is 12.2. The van der Waals surface area contributed by atoms with E-state index in [1.807, 2.05) is 30.3 Å². The molecule has 2 aromatic carbocycles. The summed E-state index contributed by atoms with van der Waals surface area (Å²) in [4.78, 5) is 31.5. The molecule has 10 heteroatoms. The number of aryl methyl sites for hydroxylation is 1. The first-order valence-electron chi connectivity index (χ1n) is 9.85. The van der Waals surface area contributed by atoms with Crippen LogP contribution in [0.4, 0.5) is 0 Å². The molecule has 0 fully saturated rings. The molecule has 0 aliphatic heterocycles. The summed E-state index contributed by atoms with van der Waals surface area (Å²) in [5.41, 5.74) is 0.491. The summed E-state index contributed by atoms with van der Waals surface area (Å²) in [6.07, 6.45) is -0.921. The Balaban J connectivity index is 1.61. The number of ether oxygens (including phenoxy) is 1. The Bertz CT molecular complexity index is 1330. The lowest BCUT2D eigenvalue weighted by atomic mass is 10.2. The highest BCUT2D eigenvalue weighted by Gasteiger charge is 2.20. The molecule has 0 saturated carbocycles. The minimum absolute atomic E-state index is 0.00770. The Hall–Kier alpha value is -3.01. The van der Waals surface area contributed by atoms with Crippen molar-refractivity contribution >= 4 is 34.5 Å². The van der Waals surface area contributed by atoms with Crippen molar-refractivity contribution < 1.29 is 9.84 Å². The van der Waals surface area contributed by atoms with Crippen molar-refractivity contribution in [2.45, 2.75) is 23.6 Å². The van der Waals surface area contributed by atoms with Crippen LogP contribution in [0.2, 0.25) is 5.02 Å². The fourth-order valence-electron chi connectivity index (χ4n) is 3.20. The van der Waals surface area contributed by atoms with E-state index < -0.39 is 17.4 Å². The second-order valence-corrected chi connectivity index (χ2v) is 8.57. The summed E-state index contributed by atoms with van der Waals surface area (Å²) in [7, 11) is 1.55. The first kappa shape index (κ1) is 22.2. The van der Waals surface area contributed by atoms with Gasteiger partial charge >= 0.3 is 5.69 Å². The molecule has 166 valence electrons. The molecule has 8 nitrogen and oxygen atoms in total. The van der Waals surface area contributed by atoms with E-state index in [0.29, 0.717) is 21.7 Å². The molecule has 0 radical (unpaired) electrons. The van der Waals surface area contributed by atoms with E-state index in [-0.39, 0.29) is 24.3 Å². The lowest BCUT2D eigenvalue weighted by Crippen LogP contribution is -2.30. The van der Waals surface area contributed by atoms with E-state index in [1.165, 1.54) is 16.3 Å². The Morgan fingerprint density at radius 2 is 1.88 bits per heavy atom. The van der Waals surface area contributed by atoms with Gasteiger partial charge in [-0.2, -0.15) is 0 Å². The van der Waals surface area contributed by atoms with Gasteiger partial charge in [0.05, 0.1) is 6.54 Å². The first-order chi connectivity index (χ1) is 15.4. The molecule has 2 heterocycles. The minimum Gasteiger partial charge on any atom is -0.491 e. The molecule has 0 spiro atoms. The highest BCUT2D eigenvalue weighted by Crippen LogP contribution is 2.25. The zero-order valence-corrected chi connectivity index (χ0v) is 18.8. The summed E-state index contributed by atoms with van der Waals surface area (Å²) < 4.78 is 8.56. The monoisotopic (exact) mass is 472 g/mol. The van der Waals surface area contributed by atoms with E-state index in [1.54, 1.807) is 35.9 Å². The minimum atomic E-state index is -0.921. The summed E-state index contributed by atoms with van der Waals surface area (Å²) in [5.74, 6) is 1.19. The number of aliphatic hydroxyl groups is 1. The molecule has 0 unspecified atom stereocenters. The van der Waals surface area contributed by atoms with Crippen LogP contribution in [-0.4, -0.2) is 36.9 Å². The standard InChI is InChI=1S/C22H21ClN4O4S/c1-26-19-18(20(29)25-21(26)30)27(22(24-19)32-13-14-5-3-2-4-6-14)11-16(28)12-31-17-9-7-15(23)8-10-17/h2-10,16,28H,11-13H2,1H3,(H,25,29,30)/t16-/m1/s1. The van der Waals surface area contributed by atoms with Gasteiger partial charge in [0.1, 0.15) is 18.5 Å². The van der Waals surface area contributed by atoms with E-state index in [4.69, 9.17) is 16.3 Å². The molecule has 2 N–H and O–H groups in total. The van der Waals surface area contributed by atoms with Gasteiger partial charge in [0.15, 0.2) is 16.3 Å². The Kier molecular flexibility index (Phi) is 6.69. The van der Waals surface area contributed by atoms with Crippen LogP contribution >= 0.6 is 23.4 Å². The number of hydrogen-bond donors (Lipinski definition) is 2. The number of rotatable bonds is 8. The average molecular weight is 473 g/mol. The third-order valence-corrected chi connectivity index (χ3v) is 6.13. The van der Waals surface area contributed by atoms with Crippen molar-refractivity contribution in [2.24, 2.45) is 7.05 Å². The van der Waals surface area contributed by atoms with Gasteiger partial charge in [0.25, 0.3) is 5.56 Å². The number of imidazole rings is 1. The molecule has 0 bridgehead atoms. The predicted octanol–water partition coefficient (Wildman–Crippen LogP) is 2.81. The van der Waals surface area contributed by atoms with Crippen molar-refractivity contribution in [3.05, 3.63) is 86.0 Å². The fourth-order valence-corrected chi connectivity index (χ4v) is 4.29. The maximum absolute atomic E-state index is 12.6. The Morgan fingerprint density at radius 3 is 2.59 bits per heavy atom. The molecule has 0 aliphatic rings. The number of fused-ring (bicyclic) bond motifs is 1. The highest BCUT2D eigenvalue weighted by atomic mass is 35.5. The zero-order valence-electron chi connectivity index (χ0n) is 17.2. The van der Waals surface area contributed by atoms with Gasteiger partial charge < -0.3 is 14.4 Å². The van der Waals surface area contributed by atoms with Crippen LogP contribution in [0.15, 0.2) is 69.3 Å². The lowest BCUT2D eigenvalue weighted by molar-refractivity contribution is 0.0914. The number of aromatic amines is 1. The van der Waals surface area contributed by atoms with E-state index >= 15 is 0 Å². The van der Waals surface area contributed by atoms with Crippen molar-refractivity contribution in [3.63, 3.8) is 0 Å². The van der Waals surface area contributed by atoms with Gasteiger partial charge in [-0.3, -0.25) is 14.3 Å². The number of benzene rings is 2. The predicted molar refractivity (Wildman–Crippen MR) is 125 cm³/mol. The van der Waals surface area contributed by atoms with Gasteiger partial charge in [-0.15, -0.1) is 0 Å². The van der Waals surface area contributed by atoms with E-state index in [0.717, 1.165) is 5.56 Å². The Labute approximate surface area is 192 Å². The number of thioether (sulfide) groups is 1. The number of nitrogens with zero attached hydrogens (tertiary/aromatic N) is 3. The zero-order chi connectivity index (χ0) is 22.7. The number of halogens is 1. The first-order valence-corrected chi connectivity index (χ1v) is 11.2. The maximum Gasteiger partial charge on any atom is 0.329 e. The smallest absolute Gasteiger partial charge is 0.329 e. The van der Waals surface area contributed by atoms with Gasteiger partial charge in [0.2, 0.25) is 0 Å². The van der Waals surface area contributed by atoms with Crippen LogP contribution in [0.5, 0.6) is 5.75 Å². The largest absolute Gasteiger partial charge is 0.491 e. The summed E-state index contributed by atoms with van der Waals surface area (Å²) in [6.45, 7) is 0.0796. The summed E-state index contributed by atoms with van der Waals surface area (Å²) in [5, 5.41) is 11.8. The number of aliphatic hydroxyl groups excluding tert-OH is 1. The second kappa shape index (κ2) is 9.64. The number of nitrogens with one attached hydrogen (secondary N) is 1. The van der Waals surface area contributed by atoms with Crippen LogP contribution in [0, 0.1) is 0 Å². The van der Waals surface area contributed by atoms with Crippen molar-refractivity contribution in [1.29, 1.82) is 0 Å². The summed E-state index contributed by atoms with van der Waals surface area (Å²) >= 11 is 7.30. The van der Waals surface area contributed by atoms with Gasteiger partial charge in [-0.25, -0.2) is 9.78 Å². The van der Waals surface area contributed by atoms with Crippen molar-refractivity contribution in [2.75, 3.05) is 6.61 Å². The third-order valence-electron chi connectivity index (χ3n) is 4.83. The quantitative estimate of drug-likeness (QED) is 0.382. The molecule has 1 atom stereocenters. The summed E-state index contributed by atoms with van der Waals surface area (Å²) in [6, 6.07) is 16.7. The molecule has 32 heavy (non-hydrogen) atoms. The van der Waals surface area contributed by atoms with E-state index in [9.17, 15) is 14.7 Å². The second-order valence-electron chi connectivity index (χ2n) is 7.19. The van der Waals surface area contributed by atoms with Gasteiger partial charge in [-0.1, -0.05) is 53.7 Å². The topological polar surface area (TPSA) is 102 Å². The van der Waals surface area contributed by atoms with Crippen LogP contribution in [0.25, 0.3) is 11.2 Å². The van der Waals surface area contributed by atoms with Gasteiger partial charge in [0, 0.05) is 17.8 Å². The Morgan fingerprint density at radius 1 is 1.16 bits per heavy atom. The fraction of sp³-hybridized carbons (Fsp3) is 0.227. The van der Waals surface area contributed by atoms with Crippen LogP contribution < -0.4 is 16.0 Å². The number of hydrogen-bond acceptors (Lipinski definition) is 6. The lowest BCUT2D eigenvalue weighted by Gasteiger charge is -2.15. The van der Waals surface area contributed by atoms with Crippen LogP contribution in [0.1, 0.15) is 5.56 Å². The molecule has 4 rings (SSSR count). The highest BCUT2D eigenvalue weighted by molar-refractivity contribution is 7.98. The SMILES string of the molecule is Cn1c(=O)[nH]c(=O)c2c1nc(SCc1ccccc1)n2C[C@@H](O)COc1ccc(Cl)cc1. The molecular formula is C22H21ClN4O4S. The third kappa shape index (κ3) is 4.90. The molecule has 0 aliphatic carbocycles. The number of aromatic nitrogens is 4. The molecule has 0 amide bonds. The molecule has 0 saturated heterocycles. The van der Waals surface area contributed by atoms with Crippen LogP contribution in [0.3, 0.4) is 0 Å². The van der Waals surface area contributed by atoms with Crippen LogP contribution in [-0.2, 0) is 19.3 Å². The number of H-pyrrole nitrogens is 1. The maximum atomic E-state index is 12.6. The molecule has 2 aromatic heterocycles. The molecular weight excluding hydrogens is 452 g/mol. The van der Waals surface area contributed by atoms with Crippen molar-refractivity contribution in [1.82, 2.24) is 19.1 Å². The van der Waals surface area contributed by atoms with Gasteiger partial charge in [-0.05, 0) is 29.8 Å². The van der Waals surface area contributed by atoms with E-state index in [2.05, 4.69) is 9.97 Å². The van der Waals surface area contributed by atoms with Crippen molar-refractivity contribution in [3.8, 4) is 5.75 Å². The average Bonchev–Trinajstić information content (AvgIpc) is 3.15.